The van der Waals surface area contributed by atoms with Crippen molar-refractivity contribution in [1.29, 1.82) is 0 Å². The van der Waals surface area contributed by atoms with Crippen LogP contribution in [0.1, 0.15) is 42.6 Å². The quantitative estimate of drug-likeness (QED) is 0.811. The molecule has 3 N–H and O–H groups in total. The van der Waals surface area contributed by atoms with Gasteiger partial charge in [0, 0.05) is 10.4 Å². The molecule has 1 heterocycles. The normalized spacial score (nSPS) is 15.7. The highest BCUT2D eigenvalue weighted by molar-refractivity contribution is 6.31. The van der Waals surface area contributed by atoms with E-state index in [1.165, 1.54) is 6.07 Å². The van der Waals surface area contributed by atoms with Crippen LogP contribution in [0.5, 0.6) is 0 Å². The number of nitrogens with zero attached hydrogens (tertiary/aromatic N) is 1. The van der Waals surface area contributed by atoms with E-state index < -0.39 is 12.1 Å². The number of aromatic nitrogens is 1. The lowest BCUT2D eigenvalue weighted by atomic mass is 9.98. The zero-order valence-electron chi connectivity index (χ0n) is 12.4. The molecule has 2 aromatic rings. The number of esters is 1. The first-order chi connectivity index (χ1) is 11.0. The molecule has 1 aliphatic rings. The van der Waals surface area contributed by atoms with Crippen molar-refractivity contribution in [3.05, 3.63) is 28.9 Å². The summed E-state index contributed by atoms with van der Waals surface area (Å²) in [7, 11) is 0. The fraction of sp³-hybridized carbons (Fsp3) is 0.375. The molecule has 23 heavy (non-hydrogen) atoms. The Morgan fingerprint density at radius 3 is 2.61 bits per heavy atom. The van der Waals surface area contributed by atoms with Crippen LogP contribution >= 0.6 is 11.6 Å². The monoisotopic (exact) mass is 336 g/mol. The van der Waals surface area contributed by atoms with Gasteiger partial charge in [-0.05, 0) is 43.9 Å². The molecule has 1 aromatic carbocycles. The summed E-state index contributed by atoms with van der Waals surface area (Å²) in [5.41, 5.74) is 6.23. The fourth-order valence-electron chi connectivity index (χ4n) is 3.08. The van der Waals surface area contributed by atoms with Crippen molar-refractivity contribution in [3.8, 4) is 0 Å². The van der Waals surface area contributed by atoms with Crippen molar-refractivity contribution >= 4 is 40.3 Å². The van der Waals surface area contributed by atoms with Crippen molar-refractivity contribution in [2.24, 2.45) is 0 Å². The van der Waals surface area contributed by atoms with Gasteiger partial charge in [0.2, 0.25) is 0 Å². The highest BCUT2D eigenvalue weighted by atomic mass is 35.5. The Morgan fingerprint density at radius 1 is 1.26 bits per heavy atom. The van der Waals surface area contributed by atoms with Gasteiger partial charge in [-0.25, -0.2) is 14.2 Å². The number of ether oxygens (including phenoxy) is 1. The number of fused-ring (bicyclic) bond motifs is 1. The molecular weight excluding hydrogens is 320 g/mol. The van der Waals surface area contributed by atoms with E-state index in [1.807, 2.05) is 0 Å². The van der Waals surface area contributed by atoms with E-state index in [-0.39, 0.29) is 23.0 Å². The zero-order valence-corrected chi connectivity index (χ0v) is 13.2. The molecule has 3 rings (SSSR count). The van der Waals surface area contributed by atoms with Gasteiger partial charge < -0.3 is 15.6 Å². The van der Waals surface area contributed by atoms with Crippen molar-refractivity contribution in [2.45, 2.75) is 38.2 Å². The molecule has 0 saturated heterocycles. The second kappa shape index (κ2) is 6.12. The molecule has 1 fully saturated rings. The topological polar surface area (TPSA) is 94.6 Å². The van der Waals surface area contributed by atoms with E-state index in [2.05, 4.69) is 0 Å². The molecule has 0 aliphatic heterocycles. The minimum atomic E-state index is -1.30. The minimum Gasteiger partial charge on any atom is -0.464 e. The number of benzene rings is 1. The second-order valence-electron chi connectivity index (χ2n) is 5.71. The molecule has 7 heteroatoms. The van der Waals surface area contributed by atoms with Crippen LogP contribution in [0, 0.1) is 0 Å². The number of carbonyl (C=O) groups excluding carboxylic acids is 1. The highest BCUT2D eigenvalue weighted by Gasteiger charge is 2.28. The van der Waals surface area contributed by atoms with Gasteiger partial charge in [0.15, 0.2) is 5.69 Å². The van der Waals surface area contributed by atoms with Crippen LogP contribution in [0.3, 0.4) is 0 Å². The molecule has 122 valence electrons. The first-order valence-corrected chi connectivity index (χ1v) is 7.90. The Kier molecular flexibility index (Phi) is 4.17. The fourth-order valence-corrected chi connectivity index (χ4v) is 3.24. The Labute approximate surface area is 137 Å². The number of hydrogen-bond acceptors (Lipinski definition) is 4. The molecule has 1 aromatic heterocycles. The van der Waals surface area contributed by atoms with Crippen LogP contribution in [0.4, 0.5) is 10.5 Å². The number of anilines is 1. The zero-order chi connectivity index (χ0) is 16.6. The second-order valence-corrected chi connectivity index (χ2v) is 6.14. The summed E-state index contributed by atoms with van der Waals surface area (Å²) >= 11 is 5.93. The van der Waals surface area contributed by atoms with Crippen LogP contribution in [0.2, 0.25) is 5.02 Å². The van der Waals surface area contributed by atoms with Crippen LogP contribution in [0.15, 0.2) is 18.2 Å². The minimum absolute atomic E-state index is 0.0971. The first kappa shape index (κ1) is 15.7. The summed E-state index contributed by atoms with van der Waals surface area (Å²) in [6.07, 6.45) is 3.25. The van der Waals surface area contributed by atoms with E-state index in [9.17, 15) is 14.7 Å². The molecule has 0 bridgehead atoms. The Balaban J connectivity index is 2.05. The highest BCUT2D eigenvalue weighted by Crippen LogP contribution is 2.32. The van der Waals surface area contributed by atoms with Gasteiger partial charge in [0.1, 0.15) is 6.10 Å². The third-order valence-electron chi connectivity index (χ3n) is 4.18. The predicted octanol–water partition coefficient (Wildman–Crippen LogP) is 3.89. The van der Waals surface area contributed by atoms with E-state index in [0.29, 0.717) is 10.4 Å². The van der Waals surface area contributed by atoms with Gasteiger partial charge in [-0.1, -0.05) is 18.0 Å². The maximum absolute atomic E-state index is 12.5. The molecule has 0 amide bonds. The molecular formula is C16H17ClN2O4. The number of nitrogens with two attached hydrogens (primary N) is 1. The molecule has 1 aliphatic carbocycles. The van der Waals surface area contributed by atoms with E-state index in [4.69, 9.17) is 22.1 Å². The third kappa shape index (κ3) is 2.86. The van der Waals surface area contributed by atoms with Gasteiger partial charge >= 0.3 is 12.1 Å². The Bertz CT molecular complexity index is 778. The molecule has 6 nitrogen and oxygen atoms in total. The van der Waals surface area contributed by atoms with Crippen molar-refractivity contribution in [1.82, 2.24) is 4.57 Å². The van der Waals surface area contributed by atoms with Crippen molar-refractivity contribution in [2.75, 3.05) is 5.73 Å². The first-order valence-electron chi connectivity index (χ1n) is 7.52. The average Bonchev–Trinajstić information content (AvgIpc) is 2.80. The number of carbonyl (C=O) groups is 2. The summed E-state index contributed by atoms with van der Waals surface area (Å²) < 4.78 is 6.32. The molecule has 1 saturated carbocycles. The molecule has 0 atom stereocenters. The Hall–Kier alpha value is -2.21. The summed E-state index contributed by atoms with van der Waals surface area (Å²) in [6, 6.07) is 4.67. The van der Waals surface area contributed by atoms with Crippen LogP contribution in [0.25, 0.3) is 10.9 Å². The largest absolute Gasteiger partial charge is 0.464 e. The lowest BCUT2D eigenvalue weighted by Gasteiger charge is -2.22. The van der Waals surface area contributed by atoms with Crippen LogP contribution in [-0.2, 0) is 4.74 Å². The Morgan fingerprint density at radius 2 is 1.96 bits per heavy atom. The number of nitrogen functional groups attached to an aromatic ring is 1. The SMILES string of the molecule is Nc1c(C(=O)OC2CCCCC2)n(C(=O)O)c2cc(Cl)ccc12. The maximum atomic E-state index is 12.5. The maximum Gasteiger partial charge on any atom is 0.416 e. The average molecular weight is 337 g/mol. The molecule has 0 spiro atoms. The van der Waals surface area contributed by atoms with E-state index >= 15 is 0 Å². The lowest BCUT2D eigenvalue weighted by Crippen LogP contribution is -2.24. The van der Waals surface area contributed by atoms with E-state index in [1.54, 1.807) is 12.1 Å². The smallest absolute Gasteiger partial charge is 0.416 e. The third-order valence-corrected chi connectivity index (χ3v) is 4.42. The summed E-state index contributed by atoms with van der Waals surface area (Å²) in [5, 5.41) is 10.3. The summed E-state index contributed by atoms with van der Waals surface area (Å²) in [5.74, 6) is -0.705. The predicted molar refractivity (Wildman–Crippen MR) is 87.1 cm³/mol. The standard InChI is InChI=1S/C16H17ClN2O4/c17-9-6-7-11-12(8-9)19(16(21)22)14(13(11)18)15(20)23-10-4-2-1-3-5-10/h6-8,10H,1-5,18H2,(H,21,22). The number of hydrogen-bond donors (Lipinski definition) is 2. The number of rotatable bonds is 2. The van der Waals surface area contributed by atoms with Crippen molar-refractivity contribution in [3.63, 3.8) is 0 Å². The van der Waals surface area contributed by atoms with Gasteiger partial charge in [-0.3, -0.25) is 0 Å². The number of halogens is 1. The summed E-state index contributed by atoms with van der Waals surface area (Å²) in [6.45, 7) is 0. The molecule has 0 radical (unpaired) electrons. The summed E-state index contributed by atoms with van der Waals surface area (Å²) in [4.78, 5) is 24.1. The molecule has 0 unspecified atom stereocenters. The van der Waals surface area contributed by atoms with Gasteiger partial charge in [0.05, 0.1) is 11.2 Å². The van der Waals surface area contributed by atoms with Gasteiger partial charge in [-0.2, -0.15) is 0 Å². The van der Waals surface area contributed by atoms with Gasteiger partial charge in [0.25, 0.3) is 0 Å². The lowest BCUT2D eigenvalue weighted by molar-refractivity contribution is 0.0201. The van der Waals surface area contributed by atoms with Gasteiger partial charge in [-0.15, -0.1) is 0 Å². The number of carboxylic acid groups (broad SMARTS) is 1. The van der Waals surface area contributed by atoms with E-state index in [0.717, 1.165) is 36.7 Å². The van der Waals surface area contributed by atoms with Crippen molar-refractivity contribution < 1.29 is 19.4 Å². The van der Waals surface area contributed by atoms with Crippen LogP contribution < -0.4 is 5.73 Å². The van der Waals surface area contributed by atoms with Crippen LogP contribution in [-0.4, -0.2) is 27.8 Å².